The fourth-order valence-corrected chi connectivity index (χ4v) is 1.11. The van der Waals surface area contributed by atoms with Gasteiger partial charge in [0.25, 0.3) is 0 Å². The predicted molar refractivity (Wildman–Crippen MR) is 57.1 cm³/mol. The van der Waals surface area contributed by atoms with E-state index < -0.39 is 11.6 Å². The highest BCUT2D eigenvalue weighted by molar-refractivity contribution is 5.35. The minimum Gasteiger partial charge on any atom is -0.380 e. The monoisotopic (exact) mass is 231 g/mol. The standard InChI is InChI=1S/C10H15F2N3O/c11-8-6-9(12)10(15-7-8)14-3-1-4-16-5-2-13/h6-7H,1-5,13H2,(H,14,15). The molecule has 1 rings (SSSR count). The van der Waals surface area contributed by atoms with E-state index in [1.54, 1.807) is 0 Å². The first-order valence-electron chi connectivity index (χ1n) is 5.06. The van der Waals surface area contributed by atoms with E-state index in [0.29, 0.717) is 32.7 Å². The molecule has 16 heavy (non-hydrogen) atoms. The quantitative estimate of drug-likeness (QED) is 0.691. The van der Waals surface area contributed by atoms with Crippen LogP contribution in [0.5, 0.6) is 0 Å². The first-order chi connectivity index (χ1) is 7.74. The number of nitrogens with zero attached hydrogens (tertiary/aromatic N) is 1. The van der Waals surface area contributed by atoms with Crippen LogP contribution in [0.2, 0.25) is 0 Å². The molecule has 0 aromatic carbocycles. The first kappa shape index (κ1) is 12.8. The van der Waals surface area contributed by atoms with Gasteiger partial charge in [0.05, 0.1) is 12.8 Å². The maximum Gasteiger partial charge on any atom is 0.168 e. The zero-order valence-electron chi connectivity index (χ0n) is 8.88. The molecule has 0 aliphatic heterocycles. The molecule has 3 N–H and O–H groups in total. The van der Waals surface area contributed by atoms with Crippen LogP contribution in [0.15, 0.2) is 12.3 Å². The molecule has 0 bridgehead atoms. The van der Waals surface area contributed by atoms with Gasteiger partial charge in [0, 0.05) is 25.8 Å². The van der Waals surface area contributed by atoms with Crippen LogP contribution in [0, 0.1) is 11.6 Å². The Morgan fingerprint density at radius 2 is 2.19 bits per heavy atom. The third-order valence-electron chi connectivity index (χ3n) is 1.83. The zero-order chi connectivity index (χ0) is 11.8. The molecule has 0 saturated carbocycles. The average molecular weight is 231 g/mol. The third-order valence-corrected chi connectivity index (χ3v) is 1.83. The molecule has 4 nitrogen and oxygen atoms in total. The van der Waals surface area contributed by atoms with Gasteiger partial charge in [0.2, 0.25) is 0 Å². The van der Waals surface area contributed by atoms with Crippen LogP contribution in [0.4, 0.5) is 14.6 Å². The van der Waals surface area contributed by atoms with Gasteiger partial charge in [-0.3, -0.25) is 0 Å². The Morgan fingerprint density at radius 3 is 2.88 bits per heavy atom. The fraction of sp³-hybridized carbons (Fsp3) is 0.500. The van der Waals surface area contributed by atoms with Crippen molar-refractivity contribution in [1.29, 1.82) is 0 Å². The van der Waals surface area contributed by atoms with Crippen molar-refractivity contribution in [3.05, 3.63) is 23.9 Å². The van der Waals surface area contributed by atoms with Crippen LogP contribution in [0.3, 0.4) is 0 Å². The molecule has 1 aromatic rings. The Kier molecular flexibility index (Phi) is 5.66. The summed E-state index contributed by atoms with van der Waals surface area (Å²) in [5.41, 5.74) is 5.23. The molecule has 0 aliphatic rings. The minimum atomic E-state index is -0.692. The number of rotatable bonds is 7. The molecule has 6 heteroatoms. The predicted octanol–water partition coefficient (Wildman–Crippen LogP) is 1.14. The van der Waals surface area contributed by atoms with E-state index in [4.69, 9.17) is 10.5 Å². The highest BCUT2D eigenvalue weighted by Gasteiger charge is 2.03. The maximum atomic E-state index is 13.1. The molecule has 90 valence electrons. The number of nitrogens with one attached hydrogen (secondary N) is 1. The fourth-order valence-electron chi connectivity index (χ4n) is 1.11. The van der Waals surface area contributed by atoms with E-state index in [1.165, 1.54) is 0 Å². The highest BCUT2D eigenvalue weighted by Crippen LogP contribution is 2.10. The SMILES string of the molecule is NCCOCCCNc1ncc(F)cc1F. The van der Waals surface area contributed by atoms with Crippen molar-refractivity contribution in [3.63, 3.8) is 0 Å². The topological polar surface area (TPSA) is 60.2 Å². The Hall–Kier alpha value is -1.27. The Labute approximate surface area is 92.8 Å². The van der Waals surface area contributed by atoms with Gasteiger partial charge in [-0.25, -0.2) is 13.8 Å². The minimum absolute atomic E-state index is 0.0558. The summed E-state index contributed by atoms with van der Waals surface area (Å²) in [7, 11) is 0. The molecule has 1 heterocycles. The number of halogens is 2. The molecule has 0 aliphatic carbocycles. The van der Waals surface area contributed by atoms with Gasteiger partial charge in [0.1, 0.15) is 5.82 Å². The number of pyridine rings is 1. The van der Waals surface area contributed by atoms with Crippen LogP contribution >= 0.6 is 0 Å². The van der Waals surface area contributed by atoms with E-state index in [-0.39, 0.29) is 5.82 Å². The first-order valence-corrected chi connectivity index (χ1v) is 5.06. The van der Waals surface area contributed by atoms with Crippen molar-refractivity contribution in [2.45, 2.75) is 6.42 Å². The summed E-state index contributed by atoms with van der Waals surface area (Å²) in [6, 6.07) is 0.792. The van der Waals surface area contributed by atoms with Crippen molar-refractivity contribution < 1.29 is 13.5 Å². The highest BCUT2D eigenvalue weighted by atomic mass is 19.1. The lowest BCUT2D eigenvalue weighted by atomic mass is 10.4. The largest absolute Gasteiger partial charge is 0.380 e. The second kappa shape index (κ2) is 7.08. The number of hydrogen-bond donors (Lipinski definition) is 2. The normalized spacial score (nSPS) is 10.4. The Morgan fingerprint density at radius 1 is 1.38 bits per heavy atom. The van der Waals surface area contributed by atoms with Crippen LogP contribution in [-0.2, 0) is 4.74 Å². The molecular weight excluding hydrogens is 216 g/mol. The Balaban J connectivity index is 2.21. The second-order valence-corrected chi connectivity index (χ2v) is 3.17. The van der Waals surface area contributed by atoms with Gasteiger partial charge >= 0.3 is 0 Å². The number of nitrogens with two attached hydrogens (primary N) is 1. The molecular formula is C10H15F2N3O. The molecule has 0 fully saturated rings. The summed E-state index contributed by atoms with van der Waals surface area (Å²) in [5, 5.41) is 2.75. The maximum absolute atomic E-state index is 13.1. The summed E-state index contributed by atoms with van der Waals surface area (Å²) in [4.78, 5) is 3.59. The van der Waals surface area contributed by atoms with E-state index in [1.807, 2.05) is 0 Å². The summed E-state index contributed by atoms with van der Waals surface area (Å²) >= 11 is 0. The van der Waals surface area contributed by atoms with Gasteiger partial charge in [-0.2, -0.15) is 0 Å². The molecule has 0 amide bonds. The van der Waals surface area contributed by atoms with Crippen LogP contribution < -0.4 is 11.1 Å². The van der Waals surface area contributed by atoms with Gasteiger partial charge < -0.3 is 15.8 Å². The summed E-state index contributed by atoms with van der Waals surface area (Å²) in [6.07, 6.45) is 1.68. The Bertz CT molecular complexity index is 323. The van der Waals surface area contributed by atoms with Crippen molar-refractivity contribution in [1.82, 2.24) is 4.98 Å². The molecule has 0 saturated heterocycles. The van der Waals surface area contributed by atoms with E-state index >= 15 is 0 Å². The average Bonchev–Trinajstić information content (AvgIpc) is 2.26. The van der Waals surface area contributed by atoms with Crippen LogP contribution in [0.25, 0.3) is 0 Å². The lowest BCUT2D eigenvalue weighted by Gasteiger charge is -2.06. The zero-order valence-corrected chi connectivity index (χ0v) is 8.88. The molecule has 0 radical (unpaired) electrons. The number of anilines is 1. The second-order valence-electron chi connectivity index (χ2n) is 3.17. The lowest BCUT2D eigenvalue weighted by molar-refractivity contribution is 0.141. The number of ether oxygens (including phenoxy) is 1. The van der Waals surface area contributed by atoms with Crippen LogP contribution in [-0.4, -0.2) is 31.3 Å². The molecule has 0 spiro atoms. The number of aromatic nitrogens is 1. The summed E-state index contributed by atoms with van der Waals surface area (Å²) in [5.74, 6) is -1.32. The van der Waals surface area contributed by atoms with Crippen molar-refractivity contribution >= 4 is 5.82 Å². The van der Waals surface area contributed by atoms with Gasteiger partial charge in [-0.1, -0.05) is 0 Å². The van der Waals surface area contributed by atoms with Gasteiger partial charge in [-0.15, -0.1) is 0 Å². The smallest absolute Gasteiger partial charge is 0.168 e. The molecule has 0 atom stereocenters. The van der Waals surface area contributed by atoms with Crippen LogP contribution in [0.1, 0.15) is 6.42 Å². The lowest BCUT2D eigenvalue weighted by Crippen LogP contribution is -2.12. The van der Waals surface area contributed by atoms with E-state index in [0.717, 1.165) is 12.3 Å². The van der Waals surface area contributed by atoms with Crippen molar-refractivity contribution in [2.24, 2.45) is 5.73 Å². The third kappa shape index (κ3) is 4.50. The van der Waals surface area contributed by atoms with E-state index in [9.17, 15) is 8.78 Å². The molecule has 0 unspecified atom stereocenters. The molecule has 1 aromatic heterocycles. The van der Waals surface area contributed by atoms with Gasteiger partial charge in [-0.05, 0) is 6.42 Å². The summed E-state index contributed by atoms with van der Waals surface area (Å²) in [6.45, 7) is 2.07. The summed E-state index contributed by atoms with van der Waals surface area (Å²) < 4.78 is 30.7. The van der Waals surface area contributed by atoms with Crippen molar-refractivity contribution in [2.75, 3.05) is 31.6 Å². The number of hydrogen-bond acceptors (Lipinski definition) is 4. The van der Waals surface area contributed by atoms with Gasteiger partial charge in [0.15, 0.2) is 11.6 Å². The van der Waals surface area contributed by atoms with Crippen molar-refractivity contribution in [3.8, 4) is 0 Å². The van der Waals surface area contributed by atoms with E-state index in [2.05, 4.69) is 10.3 Å².